The fourth-order valence-corrected chi connectivity index (χ4v) is 5.11. The van der Waals surface area contributed by atoms with Crippen LogP contribution in [-0.4, -0.2) is 42.6 Å². The van der Waals surface area contributed by atoms with Gasteiger partial charge in [-0.05, 0) is 48.5 Å². The molecule has 0 aliphatic carbocycles. The van der Waals surface area contributed by atoms with Crippen molar-refractivity contribution in [3.05, 3.63) is 99.7 Å². The molecule has 9 nitrogen and oxygen atoms in total. The molecular formula is C27H18N6O3S. The second kappa shape index (κ2) is 8.68. The first-order valence-corrected chi connectivity index (χ1v) is 12.4. The van der Waals surface area contributed by atoms with Crippen LogP contribution >= 0.6 is 11.3 Å². The fraction of sp³-hybridized carbons (Fsp3) is 0.0741. The standard InChI is InChI=1S/C27H18N6O3S/c34-26-23(37-27-29-25(31-33(26)27)18-5-4-10-28-15-18)14-19-16-32(20-6-2-1-3-7-20)30-24(19)17-8-9-21-22(13-17)36-12-11-35-21/h1-10,13-16H,11-12H2/b23-14-. The van der Waals surface area contributed by atoms with Gasteiger partial charge in [-0.2, -0.15) is 14.6 Å². The van der Waals surface area contributed by atoms with Crippen LogP contribution in [0.1, 0.15) is 5.56 Å². The van der Waals surface area contributed by atoms with Crippen molar-refractivity contribution >= 4 is 22.4 Å². The van der Waals surface area contributed by atoms with E-state index in [0.29, 0.717) is 40.0 Å². The summed E-state index contributed by atoms with van der Waals surface area (Å²) in [5.41, 5.74) is 3.80. The summed E-state index contributed by atoms with van der Waals surface area (Å²) in [6.45, 7) is 1.02. The largest absolute Gasteiger partial charge is 0.486 e. The van der Waals surface area contributed by atoms with Gasteiger partial charge in [0, 0.05) is 35.3 Å². The first-order chi connectivity index (χ1) is 18.2. The number of hydrogen-bond donors (Lipinski definition) is 0. The Morgan fingerprint density at radius 2 is 1.78 bits per heavy atom. The lowest BCUT2D eigenvalue weighted by molar-refractivity contribution is 0.171. The summed E-state index contributed by atoms with van der Waals surface area (Å²) >= 11 is 1.29. The van der Waals surface area contributed by atoms with Gasteiger partial charge in [0.1, 0.15) is 18.9 Å². The molecule has 0 amide bonds. The zero-order chi connectivity index (χ0) is 24.8. The highest BCUT2D eigenvalue weighted by molar-refractivity contribution is 7.15. The summed E-state index contributed by atoms with van der Waals surface area (Å²) < 4.78 is 15.1. The maximum atomic E-state index is 13.3. The fourth-order valence-electron chi connectivity index (χ4n) is 4.21. The number of aromatic nitrogens is 6. The van der Waals surface area contributed by atoms with Crippen LogP contribution in [0.4, 0.5) is 0 Å². The Morgan fingerprint density at radius 1 is 0.919 bits per heavy atom. The highest BCUT2D eigenvalue weighted by Crippen LogP contribution is 2.35. The minimum Gasteiger partial charge on any atom is -0.486 e. The predicted octanol–water partition coefficient (Wildman–Crippen LogP) is 3.38. The van der Waals surface area contributed by atoms with E-state index in [1.165, 1.54) is 15.9 Å². The Balaban J connectivity index is 1.37. The minimum atomic E-state index is -0.233. The average Bonchev–Trinajstić information content (AvgIpc) is 3.64. The Bertz CT molecular complexity index is 1860. The van der Waals surface area contributed by atoms with Gasteiger partial charge in [0.25, 0.3) is 5.56 Å². The Hall–Kier alpha value is -4.83. The topological polar surface area (TPSA) is 96.4 Å². The number of rotatable bonds is 4. The van der Waals surface area contributed by atoms with E-state index in [1.54, 1.807) is 17.1 Å². The Kier molecular flexibility index (Phi) is 5.03. The highest BCUT2D eigenvalue weighted by atomic mass is 32.1. The zero-order valence-electron chi connectivity index (χ0n) is 19.3. The Labute approximate surface area is 213 Å². The summed E-state index contributed by atoms with van der Waals surface area (Å²) in [6, 6.07) is 19.3. The number of hydrogen-bond acceptors (Lipinski definition) is 8. The van der Waals surface area contributed by atoms with Gasteiger partial charge in [0.15, 0.2) is 17.3 Å². The second-order valence-electron chi connectivity index (χ2n) is 8.36. The van der Waals surface area contributed by atoms with E-state index in [4.69, 9.17) is 14.6 Å². The SMILES string of the molecule is O=c1/c(=C/c2cn(-c3ccccc3)nc2-c2ccc3c(c2)OCCO3)sc2nc(-c3cccnc3)nn12. The number of para-hydroxylation sites is 1. The molecule has 0 unspecified atom stereocenters. The van der Waals surface area contributed by atoms with Crippen LogP contribution in [0.25, 0.3) is 39.4 Å². The summed E-state index contributed by atoms with van der Waals surface area (Å²) in [7, 11) is 0. The number of pyridine rings is 1. The lowest BCUT2D eigenvalue weighted by atomic mass is 10.1. The molecule has 10 heteroatoms. The number of fused-ring (bicyclic) bond motifs is 2. The van der Waals surface area contributed by atoms with Crippen molar-refractivity contribution in [2.45, 2.75) is 0 Å². The van der Waals surface area contributed by atoms with E-state index < -0.39 is 0 Å². The molecule has 37 heavy (non-hydrogen) atoms. The molecule has 1 aliphatic rings. The lowest BCUT2D eigenvalue weighted by Crippen LogP contribution is -2.23. The van der Waals surface area contributed by atoms with Gasteiger partial charge in [-0.3, -0.25) is 9.78 Å². The maximum absolute atomic E-state index is 13.3. The van der Waals surface area contributed by atoms with Crippen LogP contribution in [0.15, 0.2) is 84.0 Å². The van der Waals surface area contributed by atoms with Crippen LogP contribution in [-0.2, 0) is 0 Å². The van der Waals surface area contributed by atoms with Crippen molar-refractivity contribution in [1.82, 2.24) is 29.4 Å². The van der Waals surface area contributed by atoms with Gasteiger partial charge in [-0.1, -0.05) is 29.5 Å². The summed E-state index contributed by atoms with van der Waals surface area (Å²) in [4.78, 5) is 22.4. The highest BCUT2D eigenvalue weighted by Gasteiger charge is 2.18. The Morgan fingerprint density at radius 3 is 2.59 bits per heavy atom. The molecule has 0 N–H and O–H groups in total. The van der Waals surface area contributed by atoms with Crippen molar-refractivity contribution in [3.63, 3.8) is 0 Å². The predicted molar refractivity (Wildman–Crippen MR) is 139 cm³/mol. The van der Waals surface area contributed by atoms with Crippen LogP contribution in [0, 0.1) is 0 Å². The molecule has 1 aliphatic heterocycles. The lowest BCUT2D eigenvalue weighted by Gasteiger charge is -2.18. The van der Waals surface area contributed by atoms with Crippen molar-refractivity contribution in [1.29, 1.82) is 0 Å². The monoisotopic (exact) mass is 506 g/mol. The number of nitrogens with zero attached hydrogens (tertiary/aromatic N) is 6. The van der Waals surface area contributed by atoms with Gasteiger partial charge in [-0.25, -0.2) is 4.68 Å². The number of ether oxygens (including phenoxy) is 2. The first kappa shape index (κ1) is 21.5. The molecule has 4 aromatic heterocycles. The van der Waals surface area contributed by atoms with E-state index in [9.17, 15) is 4.79 Å². The molecule has 0 radical (unpaired) electrons. The molecule has 5 heterocycles. The third-order valence-corrected chi connectivity index (χ3v) is 6.93. The molecule has 2 aromatic carbocycles. The quantitative estimate of drug-likeness (QED) is 0.362. The first-order valence-electron chi connectivity index (χ1n) is 11.6. The zero-order valence-corrected chi connectivity index (χ0v) is 20.1. The van der Waals surface area contributed by atoms with Gasteiger partial charge in [-0.15, -0.1) is 5.10 Å². The molecule has 0 bridgehead atoms. The van der Waals surface area contributed by atoms with Crippen LogP contribution < -0.4 is 19.6 Å². The molecule has 0 atom stereocenters. The van der Waals surface area contributed by atoms with Gasteiger partial charge >= 0.3 is 0 Å². The molecule has 6 aromatic rings. The van der Waals surface area contributed by atoms with E-state index in [2.05, 4.69) is 15.1 Å². The van der Waals surface area contributed by atoms with Gasteiger partial charge < -0.3 is 9.47 Å². The van der Waals surface area contributed by atoms with Crippen LogP contribution in [0.2, 0.25) is 0 Å². The molecular weight excluding hydrogens is 488 g/mol. The van der Waals surface area contributed by atoms with Crippen molar-refractivity contribution in [2.24, 2.45) is 0 Å². The van der Waals surface area contributed by atoms with Crippen LogP contribution in [0.5, 0.6) is 11.5 Å². The van der Waals surface area contributed by atoms with E-state index in [0.717, 1.165) is 28.1 Å². The smallest absolute Gasteiger partial charge is 0.291 e. The third kappa shape index (κ3) is 3.83. The minimum absolute atomic E-state index is 0.233. The van der Waals surface area contributed by atoms with Crippen molar-refractivity contribution in [2.75, 3.05) is 13.2 Å². The number of thiazole rings is 1. The van der Waals surface area contributed by atoms with Gasteiger partial charge in [0.2, 0.25) is 4.96 Å². The molecule has 0 saturated heterocycles. The summed E-state index contributed by atoms with van der Waals surface area (Å²) in [6.07, 6.45) is 7.11. The normalized spacial score (nSPS) is 13.4. The molecule has 7 rings (SSSR count). The van der Waals surface area contributed by atoms with Crippen LogP contribution in [0.3, 0.4) is 0 Å². The van der Waals surface area contributed by atoms with E-state index >= 15 is 0 Å². The molecule has 180 valence electrons. The molecule has 0 spiro atoms. The third-order valence-electron chi connectivity index (χ3n) is 5.97. The molecule has 0 fully saturated rings. The summed E-state index contributed by atoms with van der Waals surface area (Å²) in [5.74, 6) is 1.85. The van der Waals surface area contributed by atoms with Gasteiger partial charge in [0.05, 0.1) is 10.2 Å². The molecule has 0 saturated carbocycles. The van der Waals surface area contributed by atoms with E-state index in [1.807, 2.05) is 72.9 Å². The van der Waals surface area contributed by atoms with E-state index in [-0.39, 0.29) is 5.56 Å². The maximum Gasteiger partial charge on any atom is 0.291 e. The average molecular weight is 507 g/mol. The number of benzene rings is 2. The second-order valence-corrected chi connectivity index (χ2v) is 9.37. The van der Waals surface area contributed by atoms with Crippen molar-refractivity contribution < 1.29 is 9.47 Å². The van der Waals surface area contributed by atoms with Crippen molar-refractivity contribution in [3.8, 4) is 39.8 Å². The summed E-state index contributed by atoms with van der Waals surface area (Å²) in [5, 5.41) is 9.29.